The molecule has 2 amide bonds. The number of hydrogen-bond donors (Lipinski definition) is 1. The molecule has 3 aliphatic heterocycles. The molecule has 3 unspecified atom stereocenters. The highest BCUT2D eigenvalue weighted by atomic mass is 79.9. The number of aliphatic hydroxyl groups is 1. The molecule has 1 spiro atoms. The van der Waals surface area contributed by atoms with E-state index in [2.05, 4.69) is 29.1 Å². The molecular formula is C32H37BrN2O5S. The fourth-order valence-electron chi connectivity index (χ4n) is 6.97. The zero-order valence-electron chi connectivity index (χ0n) is 23.4. The molecule has 2 aromatic rings. The van der Waals surface area contributed by atoms with Crippen molar-refractivity contribution in [2.45, 2.75) is 53.6 Å². The Kier molecular flexibility index (Phi) is 8.69. The molecule has 5 rings (SSSR count). The minimum Gasteiger partial charge on any atom is -0.461 e. The van der Waals surface area contributed by atoms with Crippen molar-refractivity contribution in [2.75, 3.05) is 24.7 Å². The largest absolute Gasteiger partial charge is 0.461 e. The van der Waals surface area contributed by atoms with E-state index in [1.807, 2.05) is 56.3 Å². The van der Waals surface area contributed by atoms with E-state index in [9.17, 15) is 19.5 Å². The first-order valence-electron chi connectivity index (χ1n) is 14.2. The van der Waals surface area contributed by atoms with Crippen molar-refractivity contribution in [2.24, 2.45) is 17.8 Å². The SMILES string of the molecule is C=CCOC(=O)[C@H]1[C@@H]2SC3(CC2Br)C(C(=O)N(CC=C)c2ccc4ccccc4c2)N([C@@H](CO)[C@@H](C)CC)C(=O)[C@H]13. The third-order valence-corrected chi connectivity index (χ3v) is 12.3. The maximum Gasteiger partial charge on any atom is 0.311 e. The van der Waals surface area contributed by atoms with Crippen LogP contribution in [0.1, 0.15) is 26.7 Å². The van der Waals surface area contributed by atoms with E-state index in [0.717, 1.165) is 17.2 Å². The molecule has 2 aromatic carbocycles. The van der Waals surface area contributed by atoms with Gasteiger partial charge in [0.05, 0.1) is 29.2 Å². The van der Waals surface area contributed by atoms with Gasteiger partial charge in [-0.15, -0.1) is 18.3 Å². The number of esters is 1. The number of halogens is 1. The summed E-state index contributed by atoms with van der Waals surface area (Å²) in [5, 5.41) is 12.5. The van der Waals surface area contributed by atoms with Gasteiger partial charge in [0.25, 0.3) is 5.91 Å². The van der Waals surface area contributed by atoms with Crippen LogP contribution < -0.4 is 4.90 Å². The second kappa shape index (κ2) is 11.9. The van der Waals surface area contributed by atoms with E-state index in [4.69, 9.17) is 4.74 Å². The lowest BCUT2D eigenvalue weighted by Crippen LogP contribution is -2.59. The van der Waals surface area contributed by atoms with Gasteiger partial charge in [-0.05, 0) is 35.2 Å². The number of benzene rings is 2. The van der Waals surface area contributed by atoms with Crippen molar-refractivity contribution in [1.29, 1.82) is 0 Å². The molecule has 0 aromatic heterocycles. The van der Waals surface area contributed by atoms with E-state index in [-0.39, 0.29) is 47.6 Å². The number of aliphatic hydroxyl groups excluding tert-OH is 1. The maximum absolute atomic E-state index is 14.9. The first-order chi connectivity index (χ1) is 19.7. The molecule has 0 saturated carbocycles. The van der Waals surface area contributed by atoms with Crippen molar-refractivity contribution in [3.63, 3.8) is 0 Å². The number of ether oxygens (including phenoxy) is 1. The summed E-state index contributed by atoms with van der Waals surface area (Å²) in [6.45, 7) is 11.6. The lowest BCUT2D eigenvalue weighted by atomic mass is 9.71. The molecular weight excluding hydrogens is 604 g/mol. The van der Waals surface area contributed by atoms with Crippen LogP contribution in [0.5, 0.6) is 0 Å². The minimum atomic E-state index is -0.871. The van der Waals surface area contributed by atoms with Gasteiger partial charge in [-0.2, -0.15) is 0 Å². The number of fused-ring (bicyclic) bond motifs is 2. The number of thioether (sulfide) groups is 1. The van der Waals surface area contributed by atoms with Crippen molar-refractivity contribution in [1.82, 2.24) is 4.90 Å². The number of alkyl halides is 1. The molecule has 2 bridgehead atoms. The molecule has 1 N–H and O–H groups in total. The van der Waals surface area contributed by atoms with Crippen LogP contribution in [-0.2, 0) is 19.1 Å². The number of amides is 2. The highest BCUT2D eigenvalue weighted by Gasteiger charge is 2.76. The van der Waals surface area contributed by atoms with Crippen LogP contribution in [0.2, 0.25) is 0 Å². The van der Waals surface area contributed by atoms with Crippen LogP contribution in [0.15, 0.2) is 67.8 Å². The van der Waals surface area contributed by atoms with E-state index in [1.165, 1.54) is 6.08 Å². The summed E-state index contributed by atoms with van der Waals surface area (Å²) in [7, 11) is 0. The average molecular weight is 642 g/mol. The van der Waals surface area contributed by atoms with E-state index in [0.29, 0.717) is 12.1 Å². The van der Waals surface area contributed by atoms with Crippen LogP contribution in [0, 0.1) is 17.8 Å². The third-order valence-electron chi connectivity index (χ3n) is 9.04. The maximum atomic E-state index is 14.9. The van der Waals surface area contributed by atoms with Crippen LogP contribution in [0.3, 0.4) is 0 Å². The smallest absolute Gasteiger partial charge is 0.311 e. The quantitative estimate of drug-likeness (QED) is 0.212. The molecule has 9 heteroatoms. The standard InChI is InChI=1S/C32H37BrN2O5S/c1-5-14-34(22-13-12-20-10-8-9-11-21(20)16-22)30(38)28-32-17-23(33)27(41-32)25(31(39)40-15-6-2)26(32)29(37)35(28)24(18-36)19(4)7-3/h5-6,8-13,16,19,23-28,36H,1-2,7,14-15,17-18H2,3-4H3/t19-,23?,24-,25+,26-,27+,28?,32?/m0/s1. The second-order valence-corrected chi connectivity index (χ2v) is 13.9. The molecule has 0 radical (unpaired) electrons. The van der Waals surface area contributed by atoms with Gasteiger partial charge in [0, 0.05) is 22.3 Å². The summed E-state index contributed by atoms with van der Waals surface area (Å²) in [6.07, 6.45) is 4.46. The number of carbonyl (C=O) groups is 3. The Morgan fingerprint density at radius 3 is 2.63 bits per heavy atom. The average Bonchev–Trinajstić information content (AvgIpc) is 3.57. The zero-order chi connectivity index (χ0) is 29.5. The number of nitrogens with zero attached hydrogens (tertiary/aromatic N) is 2. The van der Waals surface area contributed by atoms with Gasteiger partial charge < -0.3 is 19.6 Å². The normalized spacial score (nSPS) is 29.7. The monoisotopic (exact) mass is 640 g/mol. The van der Waals surface area contributed by atoms with Crippen LogP contribution >= 0.6 is 27.7 Å². The van der Waals surface area contributed by atoms with Crippen molar-refractivity contribution >= 4 is 61.9 Å². The van der Waals surface area contributed by atoms with Crippen molar-refractivity contribution in [3.8, 4) is 0 Å². The Morgan fingerprint density at radius 2 is 1.98 bits per heavy atom. The first-order valence-corrected chi connectivity index (χ1v) is 16.0. The fourth-order valence-corrected chi connectivity index (χ4v) is 10.6. The van der Waals surface area contributed by atoms with Gasteiger partial charge >= 0.3 is 5.97 Å². The van der Waals surface area contributed by atoms with Crippen molar-refractivity contribution in [3.05, 3.63) is 67.8 Å². The van der Waals surface area contributed by atoms with Crippen LogP contribution in [0.25, 0.3) is 10.8 Å². The number of hydrogen-bond acceptors (Lipinski definition) is 6. The second-order valence-electron chi connectivity index (χ2n) is 11.2. The summed E-state index contributed by atoms with van der Waals surface area (Å²) in [6, 6.07) is 12.4. The Labute approximate surface area is 254 Å². The molecule has 41 heavy (non-hydrogen) atoms. The number of carbonyl (C=O) groups excluding carboxylic acids is 3. The molecule has 218 valence electrons. The van der Waals surface area contributed by atoms with Crippen LogP contribution in [0.4, 0.5) is 5.69 Å². The predicted molar refractivity (Wildman–Crippen MR) is 167 cm³/mol. The number of anilines is 1. The van der Waals surface area contributed by atoms with Gasteiger partial charge in [-0.1, -0.05) is 85.3 Å². The third kappa shape index (κ3) is 4.83. The Morgan fingerprint density at radius 1 is 1.24 bits per heavy atom. The summed E-state index contributed by atoms with van der Waals surface area (Å²) >= 11 is 5.35. The highest BCUT2D eigenvalue weighted by molar-refractivity contribution is 9.09. The summed E-state index contributed by atoms with van der Waals surface area (Å²) in [5.41, 5.74) is 0.708. The Bertz CT molecular complexity index is 1370. The van der Waals surface area contributed by atoms with Gasteiger partial charge in [-0.3, -0.25) is 14.4 Å². The highest BCUT2D eigenvalue weighted by Crippen LogP contribution is 2.68. The molecule has 7 nitrogen and oxygen atoms in total. The topological polar surface area (TPSA) is 87.2 Å². The lowest BCUT2D eigenvalue weighted by molar-refractivity contribution is -0.153. The lowest BCUT2D eigenvalue weighted by Gasteiger charge is -2.41. The Hall–Kier alpha value is -2.62. The minimum absolute atomic E-state index is 0.0564. The zero-order valence-corrected chi connectivity index (χ0v) is 25.9. The van der Waals surface area contributed by atoms with Gasteiger partial charge in [0.2, 0.25) is 5.91 Å². The van der Waals surface area contributed by atoms with E-state index >= 15 is 0 Å². The fraction of sp³-hybridized carbons (Fsp3) is 0.469. The molecule has 3 aliphatic rings. The van der Waals surface area contributed by atoms with E-state index < -0.39 is 34.6 Å². The first kappa shape index (κ1) is 29.9. The van der Waals surface area contributed by atoms with Crippen LogP contribution in [-0.4, -0.2) is 74.5 Å². The summed E-state index contributed by atoms with van der Waals surface area (Å²) in [5.74, 6) is -2.41. The molecule has 3 saturated heterocycles. The summed E-state index contributed by atoms with van der Waals surface area (Å²) in [4.78, 5) is 46.0. The van der Waals surface area contributed by atoms with E-state index in [1.54, 1.807) is 27.6 Å². The molecule has 0 aliphatic carbocycles. The van der Waals surface area contributed by atoms with Gasteiger partial charge in [0.1, 0.15) is 12.6 Å². The van der Waals surface area contributed by atoms with Crippen molar-refractivity contribution < 1.29 is 24.2 Å². The Balaban J connectivity index is 1.63. The molecule has 3 fully saturated rings. The molecule has 3 heterocycles. The van der Waals surface area contributed by atoms with Gasteiger partial charge in [-0.25, -0.2) is 0 Å². The summed E-state index contributed by atoms with van der Waals surface area (Å²) < 4.78 is 4.65. The number of rotatable bonds is 11. The number of likely N-dealkylation sites (tertiary alicyclic amines) is 1. The molecule has 8 atom stereocenters. The predicted octanol–water partition coefficient (Wildman–Crippen LogP) is 4.96. The van der Waals surface area contributed by atoms with Gasteiger partial charge in [0.15, 0.2) is 0 Å².